The van der Waals surface area contributed by atoms with Crippen molar-refractivity contribution in [3.05, 3.63) is 58.3 Å². The fraction of sp³-hybridized carbons (Fsp3) is 0.261. The number of hydrogen-bond acceptors (Lipinski definition) is 6. The van der Waals surface area contributed by atoms with Gasteiger partial charge in [0.15, 0.2) is 29.0 Å². The number of methoxy groups -OCH3 is 1. The molecular formula is C23H21F3N2O5S. The molecule has 1 heterocycles. The van der Waals surface area contributed by atoms with Crippen LogP contribution in [0.5, 0.6) is 11.5 Å². The van der Waals surface area contributed by atoms with E-state index >= 15 is 0 Å². The maximum absolute atomic E-state index is 13.8. The van der Waals surface area contributed by atoms with Gasteiger partial charge in [0, 0.05) is 0 Å². The van der Waals surface area contributed by atoms with Gasteiger partial charge in [-0.3, -0.25) is 19.3 Å². The molecule has 1 N–H and O–H groups in total. The highest BCUT2D eigenvalue weighted by molar-refractivity contribution is 8.18. The molecule has 1 atom stereocenters. The number of hydrogen-bond donors (Lipinski definition) is 1. The first-order chi connectivity index (χ1) is 16.1. The number of benzene rings is 2. The van der Waals surface area contributed by atoms with Crippen LogP contribution < -0.4 is 14.8 Å². The van der Waals surface area contributed by atoms with Gasteiger partial charge in [-0.05, 0) is 61.0 Å². The number of carbonyl (C=O) groups excluding carboxylic acids is 3. The van der Waals surface area contributed by atoms with Crippen molar-refractivity contribution in [1.82, 2.24) is 4.90 Å². The van der Waals surface area contributed by atoms with Crippen LogP contribution in [0.3, 0.4) is 0 Å². The van der Waals surface area contributed by atoms with E-state index in [1.165, 1.54) is 13.2 Å². The maximum Gasteiger partial charge on any atom is 0.294 e. The molecule has 3 rings (SSSR count). The lowest BCUT2D eigenvalue weighted by molar-refractivity contribution is -0.127. The minimum absolute atomic E-state index is 0.0257. The topological polar surface area (TPSA) is 84.9 Å². The first kappa shape index (κ1) is 25.2. The summed E-state index contributed by atoms with van der Waals surface area (Å²) in [6, 6.07) is 6.49. The second-order valence-electron chi connectivity index (χ2n) is 7.29. The lowest BCUT2D eigenvalue weighted by Crippen LogP contribution is -2.36. The summed E-state index contributed by atoms with van der Waals surface area (Å²) in [4.78, 5) is 37.9. The number of nitrogens with one attached hydrogen (secondary N) is 1. The highest BCUT2D eigenvalue weighted by Gasteiger charge is 2.36. The molecule has 0 aliphatic carbocycles. The monoisotopic (exact) mass is 494 g/mol. The molecular weight excluding hydrogens is 473 g/mol. The number of rotatable bonds is 8. The van der Waals surface area contributed by atoms with Crippen LogP contribution >= 0.6 is 11.8 Å². The van der Waals surface area contributed by atoms with Crippen LogP contribution in [0.2, 0.25) is 0 Å². The van der Waals surface area contributed by atoms with E-state index in [9.17, 15) is 27.6 Å². The zero-order chi connectivity index (χ0) is 25.0. The van der Waals surface area contributed by atoms with E-state index in [1.807, 2.05) is 19.2 Å². The fourth-order valence-corrected chi connectivity index (χ4v) is 3.75. The normalized spacial score (nSPS) is 15.6. The number of anilines is 1. The Morgan fingerprint density at radius 3 is 2.56 bits per heavy atom. The molecule has 34 heavy (non-hydrogen) atoms. The Morgan fingerprint density at radius 2 is 1.88 bits per heavy atom. The second kappa shape index (κ2) is 10.6. The summed E-state index contributed by atoms with van der Waals surface area (Å²) in [5.74, 6) is -5.46. The molecule has 0 unspecified atom stereocenters. The van der Waals surface area contributed by atoms with Gasteiger partial charge in [-0.1, -0.05) is 13.0 Å². The SMILES string of the molecule is CC[C@H](C)Oc1ccc(/C=C2\SC(=O)N(CC(=O)Nc3ccc(F)c(F)c3F)C2=O)cc1OC. The van der Waals surface area contributed by atoms with E-state index in [1.54, 1.807) is 18.2 Å². The summed E-state index contributed by atoms with van der Waals surface area (Å²) >= 11 is 0.627. The van der Waals surface area contributed by atoms with Gasteiger partial charge in [0.2, 0.25) is 5.91 Å². The highest BCUT2D eigenvalue weighted by atomic mass is 32.2. The Balaban J connectivity index is 1.73. The second-order valence-corrected chi connectivity index (χ2v) is 8.28. The number of ether oxygens (including phenoxy) is 2. The lowest BCUT2D eigenvalue weighted by Gasteiger charge is -2.15. The van der Waals surface area contributed by atoms with E-state index in [0.717, 1.165) is 12.5 Å². The first-order valence-corrected chi connectivity index (χ1v) is 11.0. The highest BCUT2D eigenvalue weighted by Crippen LogP contribution is 2.35. The van der Waals surface area contributed by atoms with Crippen molar-refractivity contribution in [2.75, 3.05) is 19.0 Å². The summed E-state index contributed by atoms with van der Waals surface area (Å²) in [6.07, 6.45) is 2.24. The lowest BCUT2D eigenvalue weighted by atomic mass is 10.1. The van der Waals surface area contributed by atoms with Gasteiger partial charge >= 0.3 is 0 Å². The van der Waals surface area contributed by atoms with Crippen molar-refractivity contribution in [3.63, 3.8) is 0 Å². The van der Waals surface area contributed by atoms with Crippen molar-refractivity contribution < 1.29 is 37.0 Å². The predicted octanol–water partition coefficient (Wildman–Crippen LogP) is 4.96. The number of amides is 3. The van der Waals surface area contributed by atoms with Gasteiger partial charge in [0.25, 0.3) is 11.1 Å². The van der Waals surface area contributed by atoms with Gasteiger partial charge in [-0.2, -0.15) is 0 Å². The van der Waals surface area contributed by atoms with Gasteiger partial charge in [0.05, 0.1) is 23.8 Å². The van der Waals surface area contributed by atoms with Crippen molar-refractivity contribution in [1.29, 1.82) is 0 Å². The van der Waals surface area contributed by atoms with E-state index < -0.39 is 46.7 Å². The number of thioether (sulfide) groups is 1. The summed E-state index contributed by atoms with van der Waals surface area (Å²) < 4.78 is 51.3. The third kappa shape index (κ3) is 5.53. The molecule has 180 valence electrons. The number of nitrogens with zero attached hydrogens (tertiary/aromatic N) is 1. The van der Waals surface area contributed by atoms with Crippen molar-refractivity contribution >= 4 is 40.6 Å². The average Bonchev–Trinajstić information content (AvgIpc) is 3.07. The van der Waals surface area contributed by atoms with Gasteiger partial charge in [-0.25, -0.2) is 13.2 Å². The van der Waals surface area contributed by atoms with E-state index in [4.69, 9.17) is 9.47 Å². The van der Waals surface area contributed by atoms with Crippen LogP contribution in [0.1, 0.15) is 25.8 Å². The van der Waals surface area contributed by atoms with Crippen LogP contribution in [0.4, 0.5) is 23.7 Å². The largest absolute Gasteiger partial charge is 0.493 e. The molecule has 0 aromatic heterocycles. The summed E-state index contributed by atoms with van der Waals surface area (Å²) in [5, 5.41) is 1.32. The van der Waals surface area contributed by atoms with Crippen LogP contribution in [0.25, 0.3) is 6.08 Å². The van der Waals surface area contributed by atoms with Crippen LogP contribution in [-0.4, -0.2) is 41.7 Å². The minimum Gasteiger partial charge on any atom is -0.493 e. The summed E-state index contributed by atoms with van der Waals surface area (Å²) in [6.45, 7) is 3.17. The minimum atomic E-state index is -1.75. The van der Waals surface area contributed by atoms with E-state index in [2.05, 4.69) is 0 Å². The van der Waals surface area contributed by atoms with Gasteiger partial charge < -0.3 is 14.8 Å². The molecule has 0 spiro atoms. The number of imide groups is 1. The first-order valence-electron chi connectivity index (χ1n) is 10.2. The smallest absolute Gasteiger partial charge is 0.294 e. The van der Waals surface area contributed by atoms with Crippen molar-refractivity contribution in [2.24, 2.45) is 0 Å². The van der Waals surface area contributed by atoms with E-state index in [-0.39, 0.29) is 11.0 Å². The average molecular weight is 494 g/mol. The van der Waals surface area contributed by atoms with E-state index in [0.29, 0.717) is 39.8 Å². The number of halogens is 3. The zero-order valence-corrected chi connectivity index (χ0v) is 19.3. The van der Waals surface area contributed by atoms with Crippen LogP contribution in [0.15, 0.2) is 35.2 Å². The maximum atomic E-state index is 13.8. The third-order valence-electron chi connectivity index (χ3n) is 4.87. The molecule has 0 bridgehead atoms. The molecule has 7 nitrogen and oxygen atoms in total. The Morgan fingerprint density at radius 1 is 1.15 bits per heavy atom. The number of carbonyl (C=O) groups is 3. The van der Waals surface area contributed by atoms with Crippen molar-refractivity contribution in [3.8, 4) is 11.5 Å². The molecule has 11 heteroatoms. The standard InChI is InChI=1S/C23H21F3N2O5S/c1-4-12(2)33-16-8-5-13(9-17(16)32-3)10-18-22(30)28(23(31)34-18)11-19(29)27-15-7-6-14(24)20(25)21(15)26/h5-10,12H,4,11H2,1-3H3,(H,27,29)/b18-10-/t12-/m0/s1. The fourth-order valence-electron chi connectivity index (χ4n) is 2.91. The molecule has 2 aromatic carbocycles. The molecule has 1 fully saturated rings. The van der Waals surface area contributed by atoms with Gasteiger partial charge in [-0.15, -0.1) is 0 Å². The molecule has 1 saturated heterocycles. The Hall–Kier alpha value is -3.47. The molecule has 1 aliphatic heterocycles. The summed E-state index contributed by atoms with van der Waals surface area (Å²) in [7, 11) is 1.48. The third-order valence-corrected chi connectivity index (χ3v) is 5.78. The van der Waals surface area contributed by atoms with Crippen LogP contribution in [-0.2, 0) is 9.59 Å². The molecule has 3 amide bonds. The quantitative estimate of drug-likeness (QED) is 0.412. The Labute approximate surface area is 197 Å². The summed E-state index contributed by atoms with van der Waals surface area (Å²) in [5.41, 5.74) is -0.0506. The molecule has 0 saturated carbocycles. The molecule has 2 aromatic rings. The van der Waals surface area contributed by atoms with Gasteiger partial charge in [0.1, 0.15) is 6.54 Å². The molecule has 0 radical (unpaired) electrons. The molecule has 1 aliphatic rings. The van der Waals surface area contributed by atoms with Crippen LogP contribution in [0, 0.1) is 17.5 Å². The van der Waals surface area contributed by atoms with Crippen molar-refractivity contribution in [2.45, 2.75) is 26.4 Å². The zero-order valence-electron chi connectivity index (χ0n) is 18.5. The Kier molecular flexibility index (Phi) is 7.87. The Bertz CT molecular complexity index is 1170. The predicted molar refractivity (Wildman–Crippen MR) is 121 cm³/mol.